The highest BCUT2D eigenvalue weighted by molar-refractivity contribution is 5.21. The second-order valence-electron chi connectivity index (χ2n) is 2.66. The van der Waals surface area contributed by atoms with Gasteiger partial charge < -0.3 is 9.68 Å². The summed E-state index contributed by atoms with van der Waals surface area (Å²) in [6.45, 7) is 0. The molecule has 0 saturated heterocycles. The van der Waals surface area contributed by atoms with E-state index in [1.165, 1.54) is 0 Å². The van der Waals surface area contributed by atoms with Gasteiger partial charge in [0.25, 0.3) is 0 Å². The average Bonchev–Trinajstić information content (AvgIpc) is 2.21. The first-order valence-electron chi connectivity index (χ1n) is 4.00. The molecule has 0 bridgehead atoms. The van der Waals surface area contributed by atoms with E-state index >= 15 is 0 Å². The molecule has 68 valence electrons. The van der Waals surface area contributed by atoms with E-state index in [9.17, 15) is 0 Å². The molecule has 13 heavy (non-hydrogen) atoms. The molecule has 0 aromatic heterocycles. The Morgan fingerprint density at radius 3 is 1.85 bits per heavy atom. The van der Waals surface area contributed by atoms with Gasteiger partial charge in [0.2, 0.25) is 0 Å². The van der Waals surface area contributed by atoms with Gasteiger partial charge >= 0.3 is 0 Å². The third-order valence-electron chi connectivity index (χ3n) is 1.65. The molecule has 2 heterocycles. The highest BCUT2D eigenvalue weighted by Gasteiger charge is 2.04. The topological polar surface area (TPSA) is 42.5 Å². The van der Waals surface area contributed by atoms with Gasteiger partial charge in [-0.15, -0.1) is 0 Å². The molecule has 2 N–H and O–H groups in total. The maximum absolute atomic E-state index is 4.91. The summed E-state index contributed by atoms with van der Waals surface area (Å²) in [5.74, 6) is 0. The normalized spacial score (nSPS) is 18.8. The number of nitrogens with one attached hydrogen (secondary N) is 2. The van der Waals surface area contributed by atoms with Gasteiger partial charge in [-0.3, -0.25) is 0 Å². The van der Waals surface area contributed by atoms with Crippen LogP contribution in [-0.4, -0.2) is 0 Å². The quantitative estimate of drug-likeness (QED) is 0.667. The van der Waals surface area contributed by atoms with Crippen LogP contribution < -0.4 is 11.0 Å². The molecule has 4 nitrogen and oxygen atoms in total. The lowest BCUT2D eigenvalue weighted by Crippen LogP contribution is -2.19. The molecule has 2 aliphatic heterocycles. The summed E-state index contributed by atoms with van der Waals surface area (Å²) in [7, 11) is 0. The minimum absolute atomic E-state index is 0.731. The molecule has 0 radical (unpaired) electrons. The molecule has 4 heteroatoms. The molecule has 2 aliphatic rings. The van der Waals surface area contributed by atoms with Crippen LogP contribution in [0.15, 0.2) is 48.2 Å². The zero-order chi connectivity index (χ0) is 8.93. The van der Waals surface area contributed by atoms with Crippen LogP contribution in [0.5, 0.6) is 0 Å². The number of rotatable bonds is 2. The zero-order valence-electron chi connectivity index (χ0n) is 6.99. The van der Waals surface area contributed by atoms with E-state index in [0.717, 1.165) is 17.8 Å². The van der Waals surface area contributed by atoms with E-state index in [1.54, 1.807) is 12.5 Å². The third-order valence-corrected chi connectivity index (χ3v) is 1.65. The van der Waals surface area contributed by atoms with Crippen molar-refractivity contribution in [2.45, 2.75) is 6.42 Å². The van der Waals surface area contributed by atoms with Crippen molar-refractivity contribution in [3.63, 3.8) is 0 Å². The van der Waals surface area contributed by atoms with Gasteiger partial charge in [0.15, 0.2) is 0 Å². The van der Waals surface area contributed by atoms with E-state index in [1.807, 2.05) is 24.3 Å². The fourth-order valence-electron chi connectivity index (χ4n) is 1.07. The molecule has 0 spiro atoms. The maximum atomic E-state index is 4.91. The van der Waals surface area contributed by atoms with E-state index < -0.39 is 0 Å². The highest BCUT2D eigenvalue weighted by atomic mass is 16.6. The Morgan fingerprint density at radius 2 is 1.46 bits per heavy atom. The van der Waals surface area contributed by atoms with E-state index in [2.05, 4.69) is 11.0 Å². The van der Waals surface area contributed by atoms with Crippen LogP contribution in [0, 0.1) is 0 Å². The van der Waals surface area contributed by atoms with E-state index in [4.69, 9.17) is 9.68 Å². The van der Waals surface area contributed by atoms with Gasteiger partial charge in [0, 0.05) is 6.42 Å². The summed E-state index contributed by atoms with van der Waals surface area (Å²) in [6, 6.07) is 0. The van der Waals surface area contributed by atoms with Crippen LogP contribution in [0.3, 0.4) is 0 Å². The van der Waals surface area contributed by atoms with Crippen molar-refractivity contribution in [1.29, 1.82) is 0 Å². The van der Waals surface area contributed by atoms with Crippen molar-refractivity contribution in [1.82, 2.24) is 11.0 Å². The van der Waals surface area contributed by atoms with E-state index in [0.29, 0.717) is 0 Å². The van der Waals surface area contributed by atoms with Crippen molar-refractivity contribution in [2.75, 3.05) is 0 Å². The fourth-order valence-corrected chi connectivity index (χ4v) is 1.07. The largest absolute Gasteiger partial charge is 0.390 e. The van der Waals surface area contributed by atoms with Crippen LogP contribution >= 0.6 is 0 Å². The lowest BCUT2D eigenvalue weighted by molar-refractivity contribution is 0.143. The van der Waals surface area contributed by atoms with Gasteiger partial charge in [0.05, 0.1) is 11.4 Å². The Bertz CT molecular complexity index is 273. The van der Waals surface area contributed by atoms with Gasteiger partial charge in [-0.05, 0) is 24.3 Å². The first-order chi connectivity index (χ1) is 6.45. The second-order valence-corrected chi connectivity index (χ2v) is 2.66. The lowest BCUT2D eigenvalue weighted by Gasteiger charge is -2.16. The molecule has 0 atom stereocenters. The number of allylic oxidation sites excluding steroid dienone is 4. The molecule has 2 rings (SSSR count). The Morgan fingerprint density at radius 1 is 0.923 bits per heavy atom. The van der Waals surface area contributed by atoms with E-state index in [-0.39, 0.29) is 0 Å². The minimum Gasteiger partial charge on any atom is -0.390 e. The summed E-state index contributed by atoms with van der Waals surface area (Å²) < 4.78 is 0. The predicted octanol–water partition coefficient (Wildman–Crippen LogP) is 1.24. The molecule has 0 unspecified atom stereocenters. The zero-order valence-corrected chi connectivity index (χ0v) is 6.99. The van der Waals surface area contributed by atoms with Crippen molar-refractivity contribution < 1.29 is 9.68 Å². The number of hydroxylamine groups is 2. The molecular weight excluding hydrogens is 168 g/mol. The van der Waals surface area contributed by atoms with Crippen molar-refractivity contribution >= 4 is 0 Å². The third kappa shape index (κ3) is 2.05. The first-order valence-corrected chi connectivity index (χ1v) is 4.00. The molecule has 0 saturated carbocycles. The molecule has 0 amide bonds. The molecule has 0 aromatic carbocycles. The van der Waals surface area contributed by atoms with Crippen LogP contribution in [0.25, 0.3) is 0 Å². The van der Waals surface area contributed by atoms with Gasteiger partial charge in [-0.25, -0.2) is 11.0 Å². The van der Waals surface area contributed by atoms with Gasteiger partial charge in [-0.1, -0.05) is 0 Å². The Kier molecular flexibility index (Phi) is 2.22. The van der Waals surface area contributed by atoms with Crippen molar-refractivity contribution in [2.24, 2.45) is 0 Å². The monoisotopic (exact) mass is 178 g/mol. The van der Waals surface area contributed by atoms with Gasteiger partial charge in [0.1, 0.15) is 12.5 Å². The molecule has 0 aromatic rings. The average molecular weight is 178 g/mol. The van der Waals surface area contributed by atoms with Crippen LogP contribution in [0.4, 0.5) is 0 Å². The van der Waals surface area contributed by atoms with Crippen molar-refractivity contribution in [3.05, 3.63) is 48.2 Å². The first kappa shape index (κ1) is 7.79. The van der Waals surface area contributed by atoms with Gasteiger partial charge in [-0.2, -0.15) is 0 Å². The number of hydrogen-bond donors (Lipinski definition) is 2. The summed E-state index contributed by atoms with van der Waals surface area (Å²) in [5, 5.41) is 0. The minimum atomic E-state index is 0.731. The maximum Gasteiger partial charge on any atom is 0.119 e. The Hall–Kier alpha value is -1.84. The summed E-state index contributed by atoms with van der Waals surface area (Å²) in [4.78, 5) is 9.82. The standard InChI is InChI=1S/C9H10N2O2/c1-3-8(10-12-5-1)7-9-4-2-6-13-11-9/h1-6,10-11H,7H2. The Labute approximate surface area is 76.1 Å². The molecule has 0 fully saturated rings. The molecule has 0 aliphatic carbocycles. The van der Waals surface area contributed by atoms with Crippen LogP contribution in [0.1, 0.15) is 6.42 Å². The predicted molar refractivity (Wildman–Crippen MR) is 47.5 cm³/mol. The Balaban J connectivity index is 1.96. The smallest absolute Gasteiger partial charge is 0.119 e. The summed E-state index contributed by atoms with van der Waals surface area (Å²) >= 11 is 0. The van der Waals surface area contributed by atoms with Crippen LogP contribution in [-0.2, 0) is 9.68 Å². The van der Waals surface area contributed by atoms with Crippen molar-refractivity contribution in [3.8, 4) is 0 Å². The summed E-state index contributed by atoms with van der Waals surface area (Å²) in [6.07, 6.45) is 11.5. The lowest BCUT2D eigenvalue weighted by atomic mass is 10.2. The fraction of sp³-hybridized carbons (Fsp3) is 0.111. The summed E-state index contributed by atoms with van der Waals surface area (Å²) in [5.41, 5.74) is 7.53. The SMILES string of the molecule is C1=CONC(CC2=CC=CON2)=C1. The highest BCUT2D eigenvalue weighted by Crippen LogP contribution is 2.10. The second kappa shape index (κ2) is 3.71. The van der Waals surface area contributed by atoms with Crippen LogP contribution in [0.2, 0.25) is 0 Å². The molecular formula is C9H10N2O2. The number of hydrogen-bond acceptors (Lipinski definition) is 4.